The number of nitrogens with one attached hydrogen (secondary N) is 1. The molecule has 0 unspecified atom stereocenters. The van der Waals surface area contributed by atoms with Crippen LogP contribution in [-0.4, -0.2) is 34.3 Å². The standard InChI is InChI=1S/C31H38N2O2P/c1-30(2)23-25(24-31(3,4)33(30)35)32-29(34)21-14-22-36(26-15-8-5-9-16-26,27-17-10-6-11-18-27)28-19-12-7-13-20-28/h5-13,15-20,25H,14,21-24H2,1-4H3/p+1. The molecule has 1 radical (unpaired) electrons. The third-order valence-electron chi connectivity index (χ3n) is 7.44. The molecular formula is C31H39N2O2P+. The summed E-state index contributed by atoms with van der Waals surface area (Å²) in [7, 11) is -1.93. The Kier molecular flexibility index (Phi) is 7.99. The molecule has 1 aliphatic rings. The predicted octanol–water partition coefficient (Wildman–Crippen LogP) is 5.24. The van der Waals surface area contributed by atoms with Crippen molar-refractivity contribution in [3.8, 4) is 0 Å². The van der Waals surface area contributed by atoms with Crippen LogP contribution >= 0.6 is 7.26 Å². The lowest BCUT2D eigenvalue weighted by Gasteiger charge is -2.50. The van der Waals surface area contributed by atoms with Crippen LogP contribution in [0.3, 0.4) is 0 Å². The zero-order valence-electron chi connectivity index (χ0n) is 22.0. The van der Waals surface area contributed by atoms with Gasteiger partial charge in [0, 0.05) is 23.5 Å². The number of benzene rings is 3. The van der Waals surface area contributed by atoms with Gasteiger partial charge in [-0.2, -0.15) is 0 Å². The highest BCUT2D eigenvalue weighted by Crippen LogP contribution is 2.55. The molecule has 1 saturated heterocycles. The first-order valence-corrected chi connectivity index (χ1v) is 14.9. The van der Waals surface area contributed by atoms with E-state index in [4.69, 9.17) is 0 Å². The number of piperidine rings is 1. The van der Waals surface area contributed by atoms with Crippen molar-refractivity contribution in [2.24, 2.45) is 0 Å². The summed E-state index contributed by atoms with van der Waals surface area (Å²) in [6.07, 6.45) is 3.54. The number of hydroxylamine groups is 2. The topological polar surface area (TPSA) is 52.2 Å². The smallest absolute Gasteiger partial charge is 0.220 e. The molecule has 1 amide bonds. The van der Waals surface area contributed by atoms with E-state index < -0.39 is 18.3 Å². The number of nitrogens with zero attached hydrogens (tertiary/aromatic N) is 1. The molecule has 3 aromatic rings. The summed E-state index contributed by atoms with van der Waals surface area (Å²) in [5.41, 5.74) is -0.984. The molecule has 0 aromatic heterocycles. The summed E-state index contributed by atoms with van der Waals surface area (Å²) in [5.74, 6) is 0.0817. The first kappa shape index (κ1) is 26.5. The Balaban J connectivity index is 1.55. The van der Waals surface area contributed by atoms with Crippen molar-refractivity contribution < 1.29 is 10.0 Å². The molecule has 0 bridgehead atoms. The van der Waals surface area contributed by atoms with Crippen LogP contribution in [0.4, 0.5) is 0 Å². The van der Waals surface area contributed by atoms with Gasteiger partial charge in [0.05, 0.1) is 6.16 Å². The average Bonchev–Trinajstić information content (AvgIpc) is 2.86. The fourth-order valence-electron chi connectivity index (χ4n) is 6.02. The van der Waals surface area contributed by atoms with Gasteiger partial charge >= 0.3 is 0 Å². The monoisotopic (exact) mass is 502 g/mol. The van der Waals surface area contributed by atoms with E-state index in [2.05, 4.69) is 96.3 Å². The van der Waals surface area contributed by atoms with E-state index >= 15 is 0 Å². The van der Waals surface area contributed by atoms with Crippen molar-refractivity contribution >= 4 is 29.1 Å². The van der Waals surface area contributed by atoms with Gasteiger partial charge in [-0.3, -0.25) is 4.79 Å². The summed E-state index contributed by atoms with van der Waals surface area (Å²) >= 11 is 0. The molecule has 5 heteroatoms. The third kappa shape index (κ3) is 5.57. The van der Waals surface area contributed by atoms with E-state index in [-0.39, 0.29) is 11.9 Å². The van der Waals surface area contributed by atoms with Gasteiger partial charge in [-0.25, -0.2) is 0 Å². The van der Waals surface area contributed by atoms with Crippen LogP contribution in [0.1, 0.15) is 53.4 Å². The molecule has 0 spiro atoms. The van der Waals surface area contributed by atoms with Crippen molar-refractivity contribution in [2.75, 3.05) is 6.16 Å². The Bertz CT molecular complexity index is 1020. The maximum atomic E-state index is 13.1. The largest absolute Gasteiger partial charge is 0.353 e. The number of rotatable bonds is 8. The second kappa shape index (κ2) is 10.8. The summed E-state index contributed by atoms with van der Waals surface area (Å²) in [6, 6.07) is 32.4. The fourth-order valence-corrected chi connectivity index (χ4v) is 10.4. The second-order valence-electron chi connectivity index (χ2n) is 11.2. The van der Waals surface area contributed by atoms with Crippen LogP contribution in [0.2, 0.25) is 0 Å². The highest BCUT2D eigenvalue weighted by atomic mass is 31.2. The Hall–Kier alpha value is -2.52. The van der Waals surface area contributed by atoms with Crippen LogP contribution in [0.15, 0.2) is 91.0 Å². The molecular weight excluding hydrogens is 463 g/mol. The van der Waals surface area contributed by atoms with Crippen molar-refractivity contribution in [3.05, 3.63) is 91.0 Å². The highest BCUT2D eigenvalue weighted by molar-refractivity contribution is 7.95. The molecule has 0 saturated carbocycles. The fraction of sp³-hybridized carbons (Fsp3) is 0.387. The summed E-state index contributed by atoms with van der Waals surface area (Å²) in [4.78, 5) is 13.1. The van der Waals surface area contributed by atoms with Crippen molar-refractivity contribution in [1.82, 2.24) is 10.4 Å². The first-order valence-electron chi connectivity index (χ1n) is 13.0. The molecule has 4 nitrogen and oxygen atoms in total. The lowest BCUT2D eigenvalue weighted by Crippen LogP contribution is -2.62. The third-order valence-corrected chi connectivity index (χ3v) is 12.0. The van der Waals surface area contributed by atoms with Gasteiger partial charge in [-0.1, -0.05) is 54.6 Å². The zero-order valence-corrected chi connectivity index (χ0v) is 22.9. The summed E-state index contributed by atoms with van der Waals surface area (Å²) < 4.78 is 0. The lowest BCUT2D eigenvalue weighted by atomic mass is 9.79. The minimum atomic E-state index is -1.93. The predicted molar refractivity (Wildman–Crippen MR) is 151 cm³/mol. The van der Waals surface area contributed by atoms with Crippen molar-refractivity contribution in [2.45, 2.75) is 70.5 Å². The quantitative estimate of drug-likeness (QED) is 0.428. The minimum absolute atomic E-state index is 0.0182. The van der Waals surface area contributed by atoms with E-state index in [1.54, 1.807) is 0 Å². The van der Waals surface area contributed by atoms with Crippen molar-refractivity contribution in [1.29, 1.82) is 0 Å². The normalized spacial score (nSPS) is 18.0. The van der Waals surface area contributed by atoms with Gasteiger partial charge in [-0.05, 0) is 83.4 Å². The van der Waals surface area contributed by atoms with Gasteiger partial charge in [0.25, 0.3) is 0 Å². The lowest BCUT2D eigenvalue weighted by molar-refractivity contribution is -0.290. The number of hydrogen-bond donors (Lipinski definition) is 1. The maximum Gasteiger partial charge on any atom is 0.220 e. The van der Waals surface area contributed by atoms with E-state index in [0.29, 0.717) is 19.3 Å². The molecule has 0 aliphatic carbocycles. The second-order valence-corrected chi connectivity index (χ2v) is 14.9. The van der Waals surface area contributed by atoms with Crippen LogP contribution < -0.4 is 21.2 Å². The molecule has 189 valence electrons. The molecule has 3 aromatic carbocycles. The average molecular weight is 503 g/mol. The minimum Gasteiger partial charge on any atom is -0.353 e. The van der Waals surface area contributed by atoms with Crippen LogP contribution in [-0.2, 0) is 10.0 Å². The van der Waals surface area contributed by atoms with Crippen molar-refractivity contribution in [3.63, 3.8) is 0 Å². The van der Waals surface area contributed by atoms with E-state index in [1.807, 2.05) is 27.7 Å². The Morgan fingerprint density at radius 3 is 1.56 bits per heavy atom. The molecule has 1 heterocycles. The van der Waals surface area contributed by atoms with Crippen LogP contribution in [0, 0.1) is 0 Å². The van der Waals surface area contributed by atoms with Crippen LogP contribution in [0.25, 0.3) is 0 Å². The zero-order chi connectivity index (χ0) is 25.8. The first-order chi connectivity index (χ1) is 17.1. The van der Waals surface area contributed by atoms with Gasteiger partial charge in [0.2, 0.25) is 5.91 Å². The molecule has 1 aliphatic heterocycles. The maximum absolute atomic E-state index is 13.1. The van der Waals surface area contributed by atoms with Gasteiger partial charge < -0.3 is 5.32 Å². The number of hydrogen-bond acceptors (Lipinski definition) is 2. The Morgan fingerprint density at radius 1 is 0.778 bits per heavy atom. The molecule has 1 N–H and O–H groups in total. The SMILES string of the molecule is CC1(C)CC(NC(=O)CCC[P+](c2ccccc2)(c2ccccc2)c2ccccc2)CC(C)(C)N1[O]. The van der Waals surface area contributed by atoms with Gasteiger partial charge in [0.15, 0.2) is 0 Å². The molecule has 1 fully saturated rings. The highest BCUT2D eigenvalue weighted by Gasteiger charge is 2.47. The number of carbonyl (C=O) groups is 1. The number of amides is 1. The molecule has 0 atom stereocenters. The molecule has 4 rings (SSSR count). The number of carbonyl (C=O) groups excluding carboxylic acids is 1. The Morgan fingerprint density at radius 2 is 1.17 bits per heavy atom. The van der Waals surface area contributed by atoms with E-state index in [1.165, 1.54) is 21.0 Å². The molecule has 36 heavy (non-hydrogen) atoms. The van der Waals surface area contributed by atoms with E-state index in [0.717, 1.165) is 12.6 Å². The van der Waals surface area contributed by atoms with Gasteiger partial charge in [-0.15, -0.1) is 10.3 Å². The van der Waals surface area contributed by atoms with E-state index in [9.17, 15) is 10.0 Å². The van der Waals surface area contributed by atoms with Crippen LogP contribution in [0.5, 0.6) is 0 Å². The summed E-state index contributed by atoms with van der Waals surface area (Å²) in [5, 5.41) is 21.2. The Labute approximate surface area is 217 Å². The van der Waals surface area contributed by atoms with Gasteiger partial charge in [0.1, 0.15) is 23.2 Å². The summed E-state index contributed by atoms with van der Waals surface area (Å²) in [6.45, 7) is 7.88.